The van der Waals surface area contributed by atoms with Crippen LogP contribution in [0, 0.1) is 0 Å². The van der Waals surface area contributed by atoms with Crippen molar-refractivity contribution in [2.75, 3.05) is 13.2 Å². The van der Waals surface area contributed by atoms with Gasteiger partial charge in [-0.15, -0.1) is 0 Å². The first-order chi connectivity index (χ1) is 13.2. The molecule has 1 aromatic heterocycles. The molecule has 6 nitrogen and oxygen atoms in total. The Hall–Kier alpha value is -2.99. The molecule has 0 fully saturated rings. The largest absolute Gasteiger partial charge is 0.486 e. The molecule has 138 valence electrons. The molecule has 2 heterocycles. The molecule has 0 aliphatic carbocycles. The van der Waals surface area contributed by atoms with Gasteiger partial charge in [0.2, 0.25) is 0 Å². The highest BCUT2D eigenvalue weighted by Gasteiger charge is 2.19. The summed E-state index contributed by atoms with van der Waals surface area (Å²) in [6.45, 7) is 1.94. The predicted molar refractivity (Wildman–Crippen MR) is 101 cm³/mol. The van der Waals surface area contributed by atoms with E-state index in [-0.39, 0.29) is 5.91 Å². The third-order valence-electron chi connectivity index (χ3n) is 4.31. The minimum absolute atomic E-state index is 0.220. The van der Waals surface area contributed by atoms with Crippen LogP contribution in [0.5, 0.6) is 11.5 Å². The minimum atomic E-state index is -0.220. The Bertz CT molecular complexity index is 957. The Morgan fingerprint density at radius 1 is 1.15 bits per heavy atom. The molecule has 1 aliphatic heterocycles. The van der Waals surface area contributed by atoms with Crippen molar-refractivity contribution in [2.45, 2.75) is 13.1 Å². The first-order valence-electron chi connectivity index (χ1n) is 8.62. The molecule has 4 rings (SSSR count). The highest BCUT2D eigenvalue weighted by Crippen LogP contribution is 2.38. The van der Waals surface area contributed by atoms with Crippen LogP contribution in [0.1, 0.15) is 21.5 Å². The molecule has 2 aromatic carbocycles. The van der Waals surface area contributed by atoms with E-state index in [4.69, 9.17) is 21.1 Å². The predicted octanol–water partition coefficient (Wildman–Crippen LogP) is 3.29. The Labute approximate surface area is 161 Å². The average molecular weight is 384 g/mol. The van der Waals surface area contributed by atoms with Gasteiger partial charge in [-0.2, -0.15) is 5.10 Å². The Morgan fingerprint density at radius 3 is 2.78 bits per heavy atom. The smallest absolute Gasteiger partial charge is 0.251 e. The molecule has 0 atom stereocenters. The number of halogens is 1. The first-order valence-corrected chi connectivity index (χ1v) is 9.00. The number of carbonyl (C=O) groups is 1. The van der Waals surface area contributed by atoms with Crippen molar-refractivity contribution in [3.05, 3.63) is 76.6 Å². The fourth-order valence-electron chi connectivity index (χ4n) is 2.97. The third kappa shape index (κ3) is 3.90. The number of benzene rings is 2. The third-order valence-corrected chi connectivity index (χ3v) is 4.59. The highest BCUT2D eigenvalue weighted by atomic mass is 35.5. The highest BCUT2D eigenvalue weighted by molar-refractivity contribution is 6.32. The van der Waals surface area contributed by atoms with E-state index in [2.05, 4.69) is 10.4 Å². The summed E-state index contributed by atoms with van der Waals surface area (Å²) in [7, 11) is 0. The second kappa shape index (κ2) is 7.72. The van der Waals surface area contributed by atoms with Crippen LogP contribution in [-0.2, 0) is 13.1 Å². The topological polar surface area (TPSA) is 65.4 Å². The maximum atomic E-state index is 12.6. The van der Waals surface area contributed by atoms with Crippen molar-refractivity contribution in [3.63, 3.8) is 0 Å². The van der Waals surface area contributed by atoms with Crippen molar-refractivity contribution in [1.82, 2.24) is 15.1 Å². The minimum Gasteiger partial charge on any atom is -0.486 e. The van der Waals surface area contributed by atoms with E-state index in [1.807, 2.05) is 41.2 Å². The quantitative estimate of drug-likeness (QED) is 0.734. The van der Waals surface area contributed by atoms with Gasteiger partial charge in [0, 0.05) is 24.5 Å². The number of aromatic nitrogens is 2. The van der Waals surface area contributed by atoms with Crippen LogP contribution in [-0.4, -0.2) is 28.9 Å². The van der Waals surface area contributed by atoms with Crippen LogP contribution in [0.4, 0.5) is 0 Å². The number of hydrogen-bond acceptors (Lipinski definition) is 4. The average Bonchev–Trinajstić information content (AvgIpc) is 3.20. The Balaban J connectivity index is 1.48. The molecule has 27 heavy (non-hydrogen) atoms. The lowest BCUT2D eigenvalue weighted by Crippen LogP contribution is -2.24. The maximum absolute atomic E-state index is 12.6. The number of ether oxygens (including phenoxy) is 2. The van der Waals surface area contributed by atoms with Crippen molar-refractivity contribution >= 4 is 17.5 Å². The molecule has 7 heteroatoms. The number of rotatable bonds is 5. The lowest BCUT2D eigenvalue weighted by molar-refractivity contribution is 0.0949. The second-order valence-electron chi connectivity index (χ2n) is 6.14. The summed E-state index contributed by atoms with van der Waals surface area (Å²) in [4.78, 5) is 12.6. The van der Waals surface area contributed by atoms with Gasteiger partial charge in [0.05, 0.1) is 11.6 Å². The lowest BCUT2D eigenvalue weighted by Gasteiger charge is -2.20. The zero-order valence-corrected chi connectivity index (χ0v) is 15.3. The summed E-state index contributed by atoms with van der Waals surface area (Å²) in [5.41, 5.74) is 2.57. The molecular formula is C20H18ClN3O3. The summed E-state index contributed by atoms with van der Waals surface area (Å²) in [6.07, 6.45) is 3.66. The lowest BCUT2D eigenvalue weighted by atomic mass is 10.1. The van der Waals surface area contributed by atoms with E-state index in [1.54, 1.807) is 18.3 Å². The van der Waals surface area contributed by atoms with Crippen molar-refractivity contribution in [3.8, 4) is 11.5 Å². The fourth-order valence-corrected chi connectivity index (χ4v) is 3.24. The number of amides is 1. The Morgan fingerprint density at radius 2 is 1.96 bits per heavy atom. The van der Waals surface area contributed by atoms with E-state index < -0.39 is 0 Å². The van der Waals surface area contributed by atoms with E-state index in [0.29, 0.717) is 48.4 Å². The number of fused-ring (bicyclic) bond motifs is 1. The Kier molecular flexibility index (Phi) is 4.98. The molecule has 0 unspecified atom stereocenters. The van der Waals surface area contributed by atoms with Crippen LogP contribution in [0.3, 0.4) is 0 Å². The molecule has 0 saturated heterocycles. The van der Waals surface area contributed by atoms with Crippen LogP contribution in [0.2, 0.25) is 5.02 Å². The molecule has 0 spiro atoms. The zero-order valence-electron chi connectivity index (χ0n) is 14.5. The van der Waals surface area contributed by atoms with Gasteiger partial charge < -0.3 is 14.8 Å². The van der Waals surface area contributed by atoms with Gasteiger partial charge in [-0.25, -0.2) is 0 Å². The van der Waals surface area contributed by atoms with Gasteiger partial charge in [-0.05, 0) is 29.3 Å². The molecule has 1 amide bonds. The van der Waals surface area contributed by atoms with E-state index in [1.165, 1.54) is 0 Å². The van der Waals surface area contributed by atoms with E-state index in [0.717, 1.165) is 11.1 Å². The first kappa shape index (κ1) is 17.4. The van der Waals surface area contributed by atoms with E-state index in [9.17, 15) is 4.79 Å². The number of nitrogens with zero attached hydrogens (tertiary/aromatic N) is 2. The van der Waals surface area contributed by atoms with Gasteiger partial charge >= 0.3 is 0 Å². The molecule has 0 bridgehead atoms. The van der Waals surface area contributed by atoms with Crippen LogP contribution >= 0.6 is 11.6 Å². The summed E-state index contributed by atoms with van der Waals surface area (Å²) in [5, 5.41) is 7.55. The van der Waals surface area contributed by atoms with Gasteiger partial charge in [0.25, 0.3) is 5.91 Å². The van der Waals surface area contributed by atoms with Crippen LogP contribution < -0.4 is 14.8 Å². The number of nitrogens with one attached hydrogen (secondary N) is 1. The standard InChI is InChI=1S/C20H18ClN3O3/c21-17-10-16(11-18-19(17)27-9-8-26-18)20(25)22-12-14-4-1-2-5-15(14)13-24-7-3-6-23-24/h1-7,10-11H,8-9,12-13H2,(H,22,25). The zero-order chi connectivity index (χ0) is 18.6. The van der Waals surface area contributed by atoms with Gasteiger partial charge in [0.1, 0.15) is 13.2 Å². The van der Waals surface area contributed by atoms with Crippen LogP contribution in [0.15, 0.2) is 54.9 Å². The molecule has 0 radical (unpaired) electrons. The molecule has 1 N–H and O–H groups in total. The van der Waals surface area contributed by atoms with Crippen molar-refractivity contribution in [1.29, 1.82) is 0 Å². The van der Waals surface area contributed by atoms with Gasteiger partial charge in [0.15, 0.2) is 11.5 Å². The van der Waals surface area contributed by atoms with Gasteiger partial charge in [-0.1, -0.05) is 35.9 Å². The van der Waals surface area contributed by atoms with Crippen molar-refractivity contribution in [2.24, 2.45) is 0 Å². The monoisotopic (exact) mass is 383 g/mol. The molecule has 1 aliphatic rings. The summed E-state index contributed by atoms with van der Waals surface area (Å²) in [5.74, 6) is 0.768. The fraction of sp³-hybridized carbons (Fsp3) is 0.200. The maximum Gasteiger partial charge on any atom is 0.251 e. The normalized spacial score (nSPS) is 12.6. The van der Waals surface area contributed by atoms with Crippen molar-refractivity contribution < 1.29 is 14.3 Å². The molecule has 3 aromatic rings. The summed E-state index contributed by atoms with van der Waals surface area (Å²) >= 11 is 6.22. The van der Waals surface area contributed by atoms with Crippen LogP contribution in [0.25, 0.3) is 0 Å². The number of carbonyl (C=O) groups excluding carboxylic acids is 1. The molecular weight excluding hydrogens is 366 g/mol. The number of hydrogen-bond donors (Lipinski definition) is 1. The van der Waals surface area contributed by atoms with Gasteiger partial charge in [-0.3, -0.25) is 9.48 Å². The SMILES string of the molecule is O=C(NCc1ccccc1Cn1cccn1)c1cc(Cl)c2c(c1)OCCO2. The summed E-state index contributed by atoms with van der Waals surface area (Å²) < 4.78 is 12.9. The van der Waals surface area contributed by atoms with E-state index >= 15 is 0 Å². The summed E-state index contributed by atoms with van der Waals surface area (Å²) in [6, 6.07) is 13.1. The second-order valence-corrected chi connectivity index (χ2v) is 6.54. The molecule has 0 saturated carbocycles.